The number of fused-ring (bicyclic) bond motifs is 1. The summed E-state index contributed by atoms with van der Waals surface area (Å²) in [6, 6.07) is 8.44. The molecular weight excluding hydrogens is 275 g/mol. The van der Waals surface area contributed by atoms with Crippen LogP contribution in [0.1, 0.15) is 32.6 Å². The van der Waals surface area contributed by atoms with E-state index in [1.165, 1.54) is 5.69 Å². The standard InChI is InChI=1S/C17H27BN2O2/c1-3-11-19-12-8-17(9-13-20(14-10-17)18(2)21)22-16-7-5-4-6-15(16)19/h4-7,21H,3,8-14H2,1-2H3. The molecule has 22 heavy (non-hydrogen) atoms. The van der Waals surface area contributed by atoms with Crippen LogP contribution < -0.4 is 9.64 Å². The highest BCUT2D eigenvalue weighted by Gasteiger charge is 2.40. The lowest BCUT2D eigenvalue weighted by molar-refractivity contribution is 0.0147. The van der Waals surface area contributed by atoms with Gasteiger partial charge in [-0.1, -0.05) is 19.1 Å². The van der Waals surface area contributed by atoms with E-state index in [2.05, 4.69) is 40.9 Å². The molecule has 5 heteroatoms. The van der Waals surface area contributed by atoms with Crippen molar-refractivity contribution in [3.05, 3.63) is 24.3 Å². The van der Waals surface area contributed by atoms with Crippen LogP contribution >= 0.6 is 0 Å². The molecule has 1 fully saturated rings. The Hall–Kier alpha value is -1.20. The second kappa shape index (κ2) is 6.51. The average Bonchev–Trinajstić information content (AvgIpc) is 2.66. The summed E-state index contributed by atoms with van der Waals surface area (Å²) in [5.74, 6) is 1.03. The van der Waals surface area contributed by atoms with Gasteiger partial charge in [0.25, 0.3) is 0 Å². The topological polar surface area (TPSA) is 35.9 Å². The molecule has 3 rings (SSSR count). The third kappa shape index (κ3) is 3.11. The predicted octanol–water partition coefficient (Wildman–Crippen LogP) is 2.63. The summed E-state index contributed by atoms with van der Waals surface area (Å²) in [5.41, 5.74) is 1.17. The number of ether oxygens (including phenoxy) is 1. The number of rotatable bonds is 3. The summed E-state index contributed by atoms with van der Waals surface area (Å²) in [5, 5.41) is 9.77. The molecule has 2 aliphatic rings. The van der Waals surface area contributed by atoms with Gasteiger partial charge in [-0.2, -0.15) is 0 Å². The largest absolute Gasteiger partial charge is 0.485 e. The number of nitrogens with zero attached hydrogens (tertiary/aromatic N) is 2. The first-order valence-corrected chi connectivity index (χ1v) is 8.59. The molecule has 1 spiro atoms. The third-order valence-corrected chi connectivity index (χ3v) is 5.10. The monoisotopic (exact) mass is 302 g/mol. The van der Waals surface area contributed by atoms with Crippen LogP contribution in [0.15, 0.2) is 24.3 Å². The van der Waals surface area contributed by atoms with Gasteiger partial charge in [0.2, 0.25) is 0 Å². The molecule has 0 saturated carbocycles. The molecular formula is C17H27BN2O2. The first-order valence-electron chi connectivity index (χ1n) is 8.59. The Morgan fingerprint density at radius 2 is 1.86 bits per heavy atom. The second-order valence-electron chi connectivity index (χ2n) is 6.66. The van der Waals surface area contributed by atoms with Crippen LogP contribution in [-0.4, -0.2) is 48.7 Å². The van der Waals surface area contributed by atoms with Crippen molar-refractivity contribution >= 4 is 12.7 Å². The van der Waals surface area contributed by atoms with Crippen molar-refractivity contribution < 1.29 is 9.76 Å². The van der Waals surface area contributed by atoms with Crippen molar-refractivity contribution in [2.45, 2.75) is 45.0 Å². The molecule has 2 aliphatic heterocycles. The van der Waals surface area contributed by atoms with E-state index in [9.17, 15) is 5.02 Å². The predicted molar refractivity (Wildman–Crippen MR) is 91.6 cm³/mol. The Kier molecular flexibility index (Phi) is 4.64. The van der Waals surface area contributed by atoms with Crippen molar-refractivity contribution in [2.24, 2.45) is 0 Å². The van der Waals surface area contributed by atoms with Gasteiger partial charge in [-0.15, -0.1) is 0 Å². The number of anilines is 1. The zero-order chi connectivity index (χ0) is 15.6. The van der Waals surface area contributed by atoms with Crippen LogP contribution in [0.25, 0.3) is 0 Å². The van der Waals surface area contributed by atoms with Gasteiger partial charge in [-0.3, -0.25) is 0 Å². The summed E-state index contributed by atoms with van der Waals surface area (Å²) < 4.78 is 6.54. The van der Waals surface area contributed by atoms with E-state index >= 15 is 0 Å². The van der Waals surface area contributed by atoms with Crippen LogP contribution in [0.5, 0.6) is 5.75 Å². The summed E-state index contributed by atoms with van der Waals surface area (Å²) >= 11 is 0. The van der Waals surface area contributed by atoms with Gasteiger partial charge in [0.1, 0.15) is 11.4 Å². The summed E-state index contributed by atoms with van der Waals surface area (Å²) in [6.07, 6.45) is 4.20. The average molecular weight is 302 g/mol. The maximum absolute atomic E-state index is 9.77. The summed E-state index contributed by atoms with van der Waals surface area (Å²) in [6.45, 7) is 8.03. The molecule has 0 bridgehead atoms. The number of benzene rings is 1. The van der Waals surface area contributed by atoms with E-state index in [0.717, 1.165) is 57.6 Å². The number of hydrogen-bond acceptors (Lipinski definition) is 4. The van der Waals surface area contributed by atoms with Crippen LogP contribution in [-0.2, 0) is 0 Å². The van der Waals surface area contributed by atoms with E-state index in [0.29, 0.717) is 0 Å². The van der Waals surface area contributed by atoms with Crippen LogP contribution in [0, 0.1) is 0 Å². The van der Waals surface area contributed by atoms with E-state index in [1.807, 2.05) is 6.82 Å². The molecule has 1 N–H and O–H groups in total. The molecule has 1 aromatic rings. The second-order valence-corrected chi connectivity index (χ2v) is 6.66. The van der Waals surface area contributed by atoms with Crippen LogP contribution in [0.4, 0.5) is 5.69 Å². The lowest BCUT2D eigenvalue weighted by Gasteiger charge is -2.41. The maximum Gasteiger partial charge on any atom is 0.376 e. The fourth-order valence-electron chi connectivity index (χ4n) is 3.71. The van der Waals surface area contributed by atoms with Gasteiger partial charge in [0.05, 0.1) is 5.69 Å². The van der Waals surface area contributed by atoms with Crippen LogP contribution in [0.3, 0.4) is 0 Å². The molecule has 120 valence electrons. The first kappa shape index (κ1) is 15.7. The maximum atomic E-state index is 9.77. The van der Waals surface area contributed by atoms with E-state index < -0.39 is 0 Å². The fraction of sp³-hybridized carbons (Fsp3) is 0.647. The molecule has 0 unspecified atom stereocenters. The highest BCUT2D eigenvalue weighted by Crippen LogP contribution is 2.40. The molecule has 0 aromatic heterocycles. The van der Waals surface area contributed by atoms with Crippen molar-refractivity contribution in [1.82, 2.24) is 4.81 Å². The van der Waals surface area contributed by atoms with Gasteiger partial charge < -0.3 is 19.5 Å². The zero-order valence-electron chi connectivity index (χ0n) is 13.8. The SMILES string of the molecule is CCCN1CCC2(CCN(B(C)O)CC2)Oc2ccccc21. The molecule has 1 saturated heterocycles. The molecule has 2 heterocycles. The van der Waals surface area contributed by atoms with Gasteiger partial charge >= 0.3 is 7.05 Å². The Labute approximate surface area is 134 Å². The molecule has 0 aliphatic carbocycles. The van der Waals surface area contributed by atoms with Gasteiger partial charge in [-0.25, -0.2) is 0 Å². The quantitative estimate of drug-likeness (QED) is 0.871. The smallest absolute Gasteiger partial charge is 0.376 e. The van der Waals surface area contributed by atoms with Crippen molar-refractivity contribution in [3.8, 4) is 5.75 Å². The first-order chi connectivity index (χ1) is 10.6. The number of para-hydroxylation sites is 2. The molecule has 1 aromatic carbocycles. The summed E-state index contributed by atoms with van der Waals surface area (Å²) in [4.78, 5) is 4.60. The van der Waals surface area contributed by atoms with Gasteiger partial charge in [-0.05, 0) is 51.3 Å². The van der Waals surface area contributed by atoms with Gasteiger partial charge in [0.15, 0.2) is 0 Å². The van der Waals surface area contributed by atoms with Crippen molar-refractivity contribution in [3.63, 3.8) is 0 Å². The normalized spacial score (nSPS) is 21.1. The minimum atomic E-state index is -0.355. The Morgan fingerprint density at radius 3 is 2.55 bits per heavy atom. The number of piperidine rings is 1. The molecule has 0 atom stereocenters. The zero-order valence-corrected chi connectivity index (χ0v) is 13.8. The molecule has 0 amide bonds. The minimum Gasteiger partial charge on any atom is -0.485 e. The van der Waals surface area contributed by atoms with Crippen molar-refractivity contribution in [2.75, 3.05) is 31.1 Å². The summed E-state index contributed by atoms with van der Waals surface area (Å²) in [7, 11) is -0.355. The number of hydrogen-bond donors (Lipinski definition) is 1. The van der Waals surface area contributed by atoms with Crippen molar-refractivity contribution in [1.29, 1.82) is 0 Å². The van der Waals surface area contributed by atoms with E-state index in [4.69, 9.17) is 4.74 Å². The molecule has 4 nitrogen and oxygen atoms in total. The van der Waals surface area contributed by atoms with Gasteiger partial charge in [0, 0.05) is 19.5 Å². The van der Waals surface area contributed by atoms with E-state index in [-0.39, 0.29) is 12.7 Å². The highest BCUT2D eigenvalue weighted by molar-refractivity contribution is 6.45. The third-order valence-electron chi connectivity index (χ3n) is 5.10. The van der Waals surface area contributed by atoms with Crippen LogP contribution in [0.2, 0.25) is 6.82 Å². The lowest BCUT2D eigenvalue weighted by atomic mass is 9.78. The Balaban J connectivity index is 1.80. The minimum absolute atomic E-state index is 0.0655. The fourth-order valence-corrected chi connectivity index (χ4v) is 3.71. The lowest BCUT2D eigenvalue weighted by Crippen LogP contribution is -2.52. The molecule has 0 radical (unpaired) electrons. The Bertz CT molecular complexity index is 501. The van der Waals surface area contributed by atoms with E-state index in [1.54, 1.807) is 0 Å². The highest BCUT2D eigenvalue weighted by atomic mass is 16.5. The Morgan fingerprint density at radius 1 is 1.18 bits per heavy atom.